The molecule has 1 heterocycles. The van der Waals surface area contributed by atoms with Crippen LogP contribution in [0.2, 0.25) is 0 Å². The van der Waals surface area contributed by atoms with E-state index in [1.54, 1.807) is 0 Å². The zero-order valence-corrected chi connectivity index (χ0v) is 6.30. The molecule has 0 radical (unpaired) electrons. The number of rotatable bonds is 0. The van der Waals surface area contributed by atoms with Gasteiger partial charge in [0.1, 0.15) is 5.83 Å². The van der Waals surface area contributed by atoms with Gasteiger partial charge in [-0.2, -0.15) is 13.2 Å². The van der Waals surface area contributed by atoms with Crippen LogP contribution in [-0.2, 0) is 0 Å². The van der Waals surface area contributed by atoms with Crippen molar-refractivity contribution in [1.82, 2.24) is 5.32 Å². The molecule has 0 aromatic carbocycles. The molecule has 0 aromatic rings. The standard InChI is InChI=1S/C7H7F4N/c1-4-6(8)2-5(3-12-4)7(9,10)11/h2,12H,3H2,1H3. The van der Waals surface area contributed by atoms with E-state index in [9.17, 15) is 17.6 Å². The molecule has 1 aliphatic heterocycles. The summed E-state index contributed by atoms with van der Waals surface area (Å²) in [5, 5.41) is 2.30. The highest BCUT2D eigenvalue weighted by molar-refractivity contribution is 5.30. The maximum atomic E-state index is 12.6. The molecule has 0 saturated heterocycles. The van der Waals surface area contributed by atoms with Crippen LogP contribution in [0.15, 0.2) is 23.2 Å². The molecular formula is C7H7F4N. The highest BCUT2D eigenvalue weighted by Gasteiger charge is 2.34. The van der Waals surface area contributed by atoms with Gasteiger partial charge < -0.3 is 5.32 Å². The lowest BCUT2D eigenvalue weighted by Crippen LogP contribution is -2.27. The van der Waals surface area contributed by atoms with Gasteiger partial charge in [-0.25, -0.2) is 4.39 Å². The van der Waals surface area contributed by atoms with Crippen molar-refractivity contribution in [2.24, 2.45) is 0 Å². The number of halogens is 4. The summed E-state index contributed by atoms with van der Waals surface area (Å²) in [4.78, 5) is 0. The van der Waals surface area contributed by atoms with Crippen LogP contribution in [0, 0.1) is 0 Å². The maximum Gasteiger partial charge on any atom is 0.414 e. The third-order valence-corrected chi connectivity index (χ3v) is 1.57. The second-order valence-electron chi connectivity index (χ2n) is 2.49. The predicted molar refractivity (Wildman–Crippen MR) is 35.9 cm³/mol. The van der Waals surface area contributed by atoms with Gasteiger partial charge in [-0.15, -0.1) is 0 Å². The predicted octanol–water partition coefficient (Wildman–Crippen LogP) is 2.28. The summed E-state index contributed by atoms with van der Waals surface area (Å²) in [6, 6.07) is 0. The molecule has 1 N–H and O–H groups in total. The number of allylic oxidation sites excluding steroid dienone is 3. The largest absolute Gasteiger partial charge is 0.414 e. The van der Waals surface area contributed by atoms with E-state index < -0.39 is 17.6 Å². The minimum atomic E-state index is -4.44. The molecule has 0 spiro atoms. The van der Waals surface area contributed by atoms with Gasteiger partial charge in [0.25, 0.3) is 0 Å². The van der Waals surface area contributed by atoms with Crippen molar-refractivity contribution in [3.63, 3.8) is 0 Å². The lowest BCUT2D eigenvalue weighted by molar-refractivity contribution is -0.0931. The monoisotopic (exact) mass is 181 g/mol. The molecule has 68 valence electrons. The Labute approximate surface area is 66.8 Å². The SMILES string of the molecule is CC1=C(F)C=C(C(F)(F)F)CN1. The number of hydrogen-bond donors (Lipinski definition) is 1. The lowest BCUT2D eigenvalue weighted by Gasteiger charge is -2.17. The molecule has 1 rings (SSSR count). The quantitative estimate of drug-likeness (QED) is 0.565. The molecule has 0 unspecified atom stereocenters. The molecule has 0 aromatic heterocycles. The van der Waals surface area contributed by atoms with Gasteiger partial charge in [0.15, 0.2) is 0 Å². The van der Waals surface area contributed by atoms with Crippen LogP contribution in [0.25, 0.3) is 0 Å². The fourth-order valence-corrected chi connectivity index (χ4v) is 0.807. The molecule has 1 aliphatic rings. The molecular weight excluding hydrogens is 174 g/mol. The third-order valence-electron chi connectivity index (χ3n) is 1.57. The van der Waals surface area contributed by atoms with E-state index in [1.807, 2.05) is 0 Å². The Morgan fingerprint density at radius 2 is 2.00 bits per heavy atom. The van der Waals surface area contributed by atoms with E-state index in [-0.39, 0.29) is 12.2 Å². The third kappa shape index (κ3) is 1.78. The minimum absolute atomic E-state index is 0.142. The minimum Gasteiger partial charge on any atom is -0.382 e. The van der Waals surface area contributed by atoms with E-state index in [4.69, 9.17) is 0 Å². The fourth-order valence-electron chi connectivity index (χ4n) is 0.807. The van der Waals surface area contributed by atoms with E-state index in [0.29, 0.717) is 6.08 Å². The fraction of sp³-hybridized carbons (Fsp3) is 0.429. The van der Waals surface area contributed by atoms with Crippen LogP contribution < -0.4 is 5.32 Å². The molecule has 0 saturated carbocycles. The normalized spacial score (nSPS) is 18.9. The van der Waals surface area contributed by atoms with Crippen molar-refractivity contribution in [2.45, 2.75) is 13.1 Å². The number of dihydropyridines is 1. The van der Waals surface area contributed by atoms with Gasteiger partial charge >= 0.3 is 6.18 Å². The molecule has 0 atom stereocenters. The van der Waals surface area contributed by atoms with Gasteiger partial charge in [-0.05, 0) is 13.0 Å². The highest BCUT2D eigenvalue weighted by atomic mass is 19.4. The molecule has 0 amide bonds. The zero-order valence-electron chi connectivity index (χ0n) is 6.30. The molecule has 1 nitrogen and oxygen atoms in total. The first-order valence-corrected chi connectivity index (χ1v) is 3.29. The number of hydrogen-bond acceptors (Lipinski definition) is 1. The van der Waals surface area contributed by atoms with Gasteiger partial charge in [0, 0.05) is 12.2 Å². The van der Waals surface area contributed by atoms with Gasteiger partial charge in [-0.3, -0.25) is 0 Å². The number of alkyl halides is 3. The smallest absolute Gasteiger partial charge is 0.382 e. The van der Waals surface area contributed by atoms with Gasteiger partial charge in [0.05, 0.1) is 5.57 Å². The Kier molecular flexibility index (Phi) is 2.12. The van der Waals surface area contributed by atoms with Crippen molar-refractivity contribution >= 4 is 0 Å². The van der Waals surface area contributed by atoms with Gasteiger partial charge in [-0.1, -0.05) is 0 Å². The average Bonchev–Trinajstić information content (AvgIpc) is 1.92. The van der Waals surface area contributed by atoms with Crippen molar-refractivity contribution in [3.05, 3.63) is 23.2 Å². The average molecular weight is 181 g/mol. The lowest BCUT2D eigenvalue weighted by atomic mass is 10.1. The van der Waals surface area contributed by atoms with Crippen LogP contribution in [-0.4, -0.2) is 12.7 Å². The second kappa shape index (κ2) is 2.80. The van der Waals surface area contributed by atoms with Crippen molar-refractivity contribution in [2.75, 3.05) is 6.54 Å². The van der Waals surface area contributed by atoms with Crippen LogP contribution in [0.5, 0.6) is 0 Å². The van der Waals surface area contributed by atoms with Crippen LogP contribution in [0.4, 0.5) is 17.6 Å². The Morgan fingerprint density at radius 1 is 1.42 bits per heavy atom. The van der Waals surface area contributed by atoms with Gasteiger partial charge in [0.2, 0.25) is 0 Å². The Hall–Kier alpha value is -1.00. The van der Waals surface area contributed by atoms with Crippen LogP contribution in [0.1, 0.15) is 6.92 Å². The summed E-state index contributed by atoms with van der Waals surface area (Å²) in [6.07, 6.45) is -3.92. The highest BCUT2D eigenvalue weighted by Crippen LogP contribution is 2.28. The van der Waals surface area contributed by atoms with E-state index in [2.05, 4.69) is 5.32 Å². The Morgan fingerprint density at radius 3 is 2.42 bits per heavy atom. The molecule has 0 aliphatic carbocycles. The second-order valence-corrected chi connectivity index (χ2v) is 2.49. The Balaban J connectivity index is 2.91. The summed E-state index contributed by atoms with van der Waals surface area (Å²) in [7, 11) is 0. The van der Waals surface area contributed by atoms with Crippen LogP contribution in [0.3, 0.4) is 0 Å². The summed E-state index contributed by atoms with van der Waals surface area (Å²) < 4.78 is 48.4. The van der Waals surface area contributed by atoms with Crippen molar-refractivity contribution < 1.29 is 17.6 Å². The first-order valence-electron chi connectivity index (χ1n) is 3.29. The van der Waals surface area contributed by atoms with Crippen molar-refractivity contribution in [1.29, 1.82) is 0 Å². The summed E-state index contributed by atoms with van der Waals surface area (Å²) in [5.41, 5.74) is -0.742. The molecule has 0 bridgehead atoms. The maximum absolute atomic E-state index is 12.6. The molecule has 5 heteroatoms. The Bertz CT molecular complexity index is 249. The molecule has 12 heavy (non-hydrogen) atoms. The first kappa shape index (κ1) is 9.09. The zero-order chi connectivity index (χ0) is 9.35. The van der Waals surface area contributed by atoms with Crippen LogP contribution >= 0.6 is 0 Å². The van der Waals surface area contributed by atoms with E-state index in [1.165, 1.54) is 6.92 Å². The van der Waals surface area contributed by atoms with Crippen molar-refractivity contribution in [3.8, 4) is 0 Å². The summed E-state index contributed by atoms with van der Waals surface area (Å²) in [6.45, 7) is 1.03. The summed E-state index contributed by atoms with van der Waals surface area (Å²) >= 11 is 0. The van der Waals surface area contributed by atoms with E-state index in [0.717, 1.165) is 0 Å². The number of nitrogens with one attached hydrogen (secondary N) is 1. The van der Waals surface area contributed by atoms with E-state index >= 15 is 0 Å². The first-order chi connectivity index (χ1) is 5.41. The molecule has 0 fully saturated rings. The summed E-state index contributed by atoms with van der Waals surface area (Å²) in [5.74, 6) is -0.853. The topological polar surface area (TPSA) is 12.0 Å².